The van der Waals surface area contributed by atoms with Crippen LogP contribution >= 0.6 is 0 Å². The van der Waals surface area contributed by atoms with Crippen LogP contribution in [0.4, 0.5) is 0 Å². The van der Waals surface area contributed by atoms with Gasteiger partial charge in [0.25, 0.3) is 0 Å². The molecule has 2 aliphatic rings. The van der Waals surface area contributed by atoms with Gasteiger partial charge in [0.1, 0.15) is 17.2 Å². The van der Waals surface area contributed by atoms with E-state index in [1.807, 2.05) is 12.1 Å². The van der Waals surface area contributed by atoms with Gasteiger partial charge in [-0.1, -0.05) is 133 Å². The van der Waals surface area contributed by atoms with Gasteiger partial charge in [-0.2, -0.15) is 0 Å². The van der Waals surface area contributed by atoms with Crippen LogP contribution in [0.2, 0.25) is 0 Å². The molecule has 0 amide bonds. The molecule has 2 aliphatic heterocycles. The molecule has 0 unspecified atom stereocenters. The molecule has 274 valence electrons. The van der Waals surface area contributed by atoms with Crippen molar-refractivity contribution in [1.82, 2.24) is 9.13 Å². The molecule has 0 N–H and O–H groups in total. The summed E-state index contributed by atoms with van der Waals surface area (Å²) in [7, 11) is 0. The number of nitrogens with zero attached hydrogens (tertiary/aromatic N) is 2. The van der Waals surface area contributed by atoms with Crippen LogP contribution in [0.5, 0.6) is 17.2 Å². The largest absolute Gasteiger partial charge is 0.551 e. The SMILES string of the molecule is c1ccc2c(c1)Oc1cc(-c3ccccc3-n3c4ccccc4c4ccccc43)cc3c1B2Oc1ccc(-c2ccccc2-n2c4ccccc4c4ccccc42)cc1-3. The average molecular weight is 753 g/mol. The zero-order chi connectivity index (χ0) is 38.6. The number of ether oxygens (including phenoxy) is 1. The van der Waals surface area contributed by atoms with E-state index in [-0.39, 0.29) is 6.92 Å². The molecule has 4 heterocycles. The maximum absolute atomic E-state index is 7.01. The van der Waals surface area contributed by atoms with Gasteiger partial charge in [0.15, 0.2) is 0 Å². The average Bonchev–Trinajstić information content (AvgIpc) is 3.82. The molecule has 11 aromatic rings. The van der Waals surface area contributed by atoms with Gasteiger partial charge in [0.2, 0.25) is 0 Å². The first-order valence-corrected chi connectivity index (χ1v) is 20.2. The van der Waals surface area contributed by atoms with Crippen molar-refractivity contribution in [2.75, 3.05) is 0 Å². The van der Waals surface area contributed by atoms with Crippen LogP contribution < -0.4 is 20.3 Å². The number of rotatable bonds is 4. The van der Waals surface area contributed by atoms with Crippen molar-refractivity contribution in [2.24, 2.45) is 0 Å². The lowest BCUT2D eigenvalue weighted by molar-refractivity contribution is 0.479. The van der Waals surface area contributed by atoms with Crippen LogP contribution in [0.3, 0.4) is 0 Å². The van der Waals surface area contributed by atoms with Crippen molar-refractivity contribution in [1.29, 1.82) is 0 Å². The molecule has 0 spiro atoms. The second-order valence-corrected chi connectivity index (χ2v) is 15.6. The third kappa shape index (κ3) is 4.67. The maximum atomic E-state index is 7.01. The maximum Gasteiger partial charge on any atom is 0.434 e. The lowest BCUT2D eigenvalue weighted by atomic mass is 9.50. The van der Waals surface area contributed by atoms with Crippen LogP contribution in [0, 0.1) is 0 Å². The number of benzene rings is 9. The van der Waals surface area contributed by atoms with Crippen LogP contribution in [-0.2, 0) is 0 Å². The lowest BCUT2D eigenvalue weighted by Gasteiger charge is -2.33. The molecule has 5 heteroatoms. The minimum atomic E-state index is -0.296. The molecule has 0 fully saturated rings. The molecule has 0 bridgehead atoms. The first kappa shape index (κ1) is 32.3. The summed E-state index contributed by atoms with van der Waals surface area (Å²) in [5.74, 6) is 2.50. The molecule has 0 saturated carbocycles. The van der Waals surface area contributed by atoms with E-state index < -0.39 is 0 Å². The van der Waals surface area contributed by atoms with Crippen LogP contribution in [0.15, 0.2) is 200 Å². The van der Waals surface area contributed by atoms with E-state index in [1.54, 1.807) is 0 Å². The van der Waals surface area contributed by atoms with Crippen LogP contribution in [0.1, 0.15) is 0 Å². The van der Waals surface area contributed by atoms with E-state index in [4.69, 9.17) is 9.39 Å². The Kier molecular flexibility index (Phi) is 6.78. The predicted molar refractivity (Wildman–Crippen MR) is 244 cm³/mol. The van der Waals surface area contributed by atoms with Gasteiger partial charge in [-0.05, 0) is 83.4 Å². The molecule has 0 atom stereocenters. The van der Waals surface area contributed by atoms with Gasteiger partial charge < -0.3 is 18.5 Å². The summed E-state index contributed by atoms with van der Waals surface area (Å²) in [5, 5.41) is 4.96. The summed E-state index contributed by atoms with van der Waals surface area (Å²) in [4.78, 5) is 0. The van der Waals surface area contributed by atoms with Gasteiger partial charge in [-0.25, -0.2) is 0 Å². The summed E-state index contributed by atoms with van der Waals surface area (Å²) in [6.45, 7) is -0.296. The highest BCUT2D eigenvalue weighted by Crippen LogP contribution is 2.46. The number of hydrogen-bond donors (Lipinski definition) is 0. The fraction of sp³-hybridized carbons (Fsp3) is 0. The zero-order valence-electron chi connectivity index (χ0n) is 31.8. The summed E-state index contributed by atoms with van der Waals surface area (Å²) >= 11 is 0. The molecular formula is C54H33BN2O2. The minimum absolute atomic E-state index is 0.296. The van der Waals surface area contributed by atoms with Gasteiger partial charge in [-0.3, -0.25) is 0 Å². The van der Waals surface area contributed by atoms with Gasteiger partial charge in [0, 0.05) is 49.2 Å². The molecule has 13 rings (SSSR count). The normalized spacial score (nSPS) is 12.6. The fourth-order valence-corrected chi connectivity index (χ4v) is 9.87. The third-order valence-corrected chi connectivity index (χ3v) is 12.4. The highest BCUT2D eigenvalue weighted by atomic mass is 16.5. The Morgan fingerprint density at radius 2 is 0.814 bits per heavy atom. The van der Waals surface area contributed by atoms with Crippen molar-refractivity contribution in [2.45, 2.75) is 0 Å². The summed E-state index contributed by atoms with van der Waals surface area (Å²) in [6.07, 6.45) is 0. The number of fused-ring (bicyclic) bond motifs is 10. The highest BCUT2D eigenvalue weighted by Gasteiger charge is 2.41. The minimum Gasteiger partial charge on any atom is -0.551 e. The Morgan fingerprint density at radius 1 is 0.339 bits per heavy atom. The number of aromatic nitrogens is 2. The highest BCUT2D eigenvalue weighted by molar-refractivity contribution is 6.84. The molecule has 59 heavy (non-hydrogen) atoms. The molecule has 2 aromatic heterocycles. The molecule has 4 nitrogen and oxygen atoms in total. The van der Waals surface area contributed by atoms with Crippen molar-refractivity contribution in [3.8, 4) is 62.0 Å². The number of hydrogen-bond acceptors (Lipinski definition) is 2. The Hall–Kier alpha value is -7.76. The zero-order valence-corrected chi connectivity index (χ0v) is 31.8. The molecule has 0 aliphatic carbocycles. The Bertz CT molecular complexity index is 3430. The van der Waals surface area contributed by atoms with Gasteiger partial charge in [-0.15, -0.1) is 0 Å². The van der Waals surface area contributed by atoms with Crippen LogP contribution in [-0.4, -0.2) is 16.0 Å². The van der Waals surface area contributed by atoms with E-state index >= 15 is 0 Å². The summed E-state index contributed by atoms with van der Waals surface area (Å²) in [6, 6.07) is 71.8. The van der Waals surface area contributed by atoms with Crippen molar-refractivity contribution >= 4 is 61.5 Å². The molecule has 0 saturated heterocycles. The van der Waals surface area contributed by atoms with E-state index in [0.29, 0.717) is 0 Å². The third-order valence-electron chi connectivity index (χ3n) is 12.4. The van der Waals surface area contributed by atoms with E-state index in [2.05, 4.69) is 197 Å². The number of para-hydroxylation sites is 7. The fourth-order valence-electron chi connectivity index (χ4n) is 9.87. The first-order valence-electron chi connectivity index (χ1n) is 20.2. The Morgan fingerprint density at radius 3 is 1.41 bits per heavy atom. The topological polar surface area (TPSA) is 28.3 Å². The van der Waals surface area contributed by atoms with E-state index in [1.165, 1.54) is 43.6 Å². The Labute approximate surface area is 340 Å². The smallest absolute Gasteiger partial charge is 0.434 e. The Balaban J connectivity index is 1.04. The second-order valence-electron chi connectivity index (χ2n) is 15.6. The van der Waals surface area contributed by atoms with Crippen LogP contribution in [0.25, 0.3) is 88.4 Å². The van der Waals surface area contributed by atoms with E-state index in [9.17, 15) is 0 Å². The van der Waals surface area contributed by atoms with Crippen molar-refractivity contribution in [3.63, 3.8) is 0 Å². The second kappa shape index (κ2) is 12.4. The van der Waals surface area contributed by atoms with Crippen molar-refractivity contribution < 1.29 is 9.39 Å². The van der Waals surface area contributed by atoms with E-state index in [0.717, 1.165) is 72.9 Å². The lowest BCUT2D eigenvalue weighted by Crippen LogP contribution is -2.53. The molecular weight excluding hydrogens is 719 g/mol. The standard InChI is InChI=1S/C54H33BN2O2/c1-8-22-45(56-47-24-10-3-17-38(47)39-18-4-11-25-48(39)56)36(15-1)34-29-30-51-42(31-34)43-32-35(33-53-54(43)55(59-51)44-21-7-14-28-52(44)58-53)37-16-2-9-23-46(37)57-49-26-12-5-19-40(49)41-20-6-13-27-50(41)57/h1-33H. The quantitative estimate of drug-likeness (QED) is 0.168. The van der Waals surface area contributed by atoms with Crippen molar-refractivity contribution in [3.05, 3.63) is 200 Å². The molecule has 0 radical (unpaired) electrons. The van der Waals surface area contributed by atoms with Gasteiger partial charge >= 0.3 is 6.92 Å². The summed E-state index contributed by atoms with van der Waals surface area (Å²) < 4.78 is 18.7. The van der Waals surface area contributed by atoms with Gasteiger partial charge in [0.05, 0.1) is 33.4 Å². The molecule has 9 aromatic carbocycles. The summed E-state index contributed by atoms with van der Waals surface area (Å²) in [5.41, 5.74) is 15.7. The monoisotopic (exact) mass is 752 g/mol. The first-order chi connectivity index (χ1) is 29.3. The predicted octanol–water partition coefficient (Wildman–Crippen LogP) is 12.5.